The summed E-state index contributed by atoms with van der Waals surface area (Å²) in [5.41, 5.74) is 3.76. The topological polar surface area (TPSA) is 54.1 Å². The molecule has 0 unspecified atom stereocenters. The second-order valence-corrected chi connectivity index (χ2v) is 7.10. The number of carbonyl (C=O) groups excluding carboxylic acids is 1. The maximum absolute atomic E-state index is 11.1. The number of quaternary nitrogens is 1. The summed E-state index contributed by atoms with van der Waals surface area (Å²) in [7, 11) is 6.63. The van der Waals surface area contributed by atoms with Crippen LogP contribution >= 0.6 is 0 Å². The van der Waals surface area contributed by atoms with E-state index < -0.39 is 0 Å². The molecule has 126 valence electrons. The summed E-state index contributed by atoms with van der Waals surface area (Å²) in [6, 6.07) is 6.56. The predicted octanol–water partition coefficient (Wildman–Crippen LogP) is -0.928. The molecule has 6 heteroatoms. The fourth-order valence-corrected chi connectivity index (χ4v) is 2.84. The van der Waals surface area contributed by atoms with Gasteiger partial charge in [-0.15, -0.1) is 0 Å². The smallest absolute Gasteiger partial charge is 0.407 e. The number of aromatic amines is 1. The number of hydrogen-bond acceptors (Lipinski definition) is 2. The predicted molar refractivity (Wildman–Crippen MR) is 86.9 cm³/mol. The Labute approximate surface area is 154 Å². The van der Waals surface area contributed by atoms with Crippen molar-refractivity contribution in [1.82, 2.24) is 10.3 Å². The minimum absolute atomic E-state index is 0. The van der Waals surface area contributed by atoms with Crippen LogP contribution in [-0.4, -0.2) is 55.9 Å². The minimum Gasteiger partial charge on any atom is -1.00 e. The number of nitrogens with zero attached hydrogens (tertiary/aromatic N) is 1. The number of aromatic nitrogens is 1. The Balaban J connectivity index is 0.00000192. The van der Waals surface area contributed by atoms with Gasteiger partial charge in [-0.2, -0.15) is 0 Å². The molecule has 1 aliphatic heterocycles. The lowest BCUT2D eigenvalue weighted by Gasteiger charge is -2.23. The number of rotatable bonds is 5. The Kier molecular flexibility index (Phi) is 5.57. The molecule has 1 saturated heterocycles. The van der Waals surface area contributed by atoms with E-state index in [4.69, 9.17) is 4.74 Å². The van der Waals surface area contributed by atoms with Gasteiger partial charge in [-0.1, -0.05) is 6.07 Å². The second-order valence-electron chi connectivity index (χ2n) is 7.10. The van der Waals surface area contributed by atoms with Gasteiger partial charge in [-0.05, 0) is 29.7 Å². The number of hydrogen-bond donors (Lipinski definition) is 2. The van der Waals surface area contributed by atoms with Crippen LogP contribution in [0.3, 0.4) is 0 Å². The van der Waals surface area contributed by atoms with Gasteiger partial charge >= 0.3 is 6.09 Å². The number of fused-ring (bicyclic) bond motifs is 1. The number of alkyl carbamates (subject to hydrolysis) is 1. The Morgan fingerprint density at radius 3 is 2.74 bits per heavy atom. The van der Waals surface area contributed by atoms with Crippen LogP contribution in [0, 0.1) is 0 Å². The van der Waals surface area contributed by atoms with E-state index in [-0.39, 0.29) is 36.1 Å². The first-order valence-electron chi connectivity index (χ1n) is 7.73. The van der Waals surface area contributed by atoms with Crippen LogP contribution in [0.4, 0.5) is 4.79 Å². The lowest BCUT2D eigenvalue weighted by molar-refractivity contribution is -0.870. The molecule has 1 aromatic carbocycles. The van der Waals surface area contributed by atoms with Crippen molar-refractivity contribution in [2.45, 2.75) is 18.9 Å². The number of nitrogens with one attached hydrogen (secondary N) is 2. The van der Waals surface area contributed by atoms with E-state index in [1.807, 2.05) is 0 Å². The molecule has 2 aromatic rings. The van der Waals surface area contributed by atoms with Crippen molar-refractivity contribution in [1.29, 1.82) is 0 Å². The molecule has 1 aliphatic rings. The average molecular weight is 429 g/mol. The summed E-state index contributed by atoms with van der Waals surface area (Å²) in [6.07, 6.45) is 3.67. The summed E-state index contributed by atoms with van der Waals surface area (Å²) in [4.78, 5) is 14.5. The number of likely N-dealkylation sites (N-methyl/N-ethyl adjacent to an activating group) is 1. The van der Waals surface area contributed by atoms with E-state index in [9.17, 15) is 4.79 Å². The molecule has 5 nitrogen and oxygen atoms in total. The monoisotopic (exact) mass is 429 g/mol. The Bertz CT molecular complexity index is 691. The van der Waals surface area contributed by atoms with Crippen molar-refractivity contribution in [2.24, 2.45) is 0 Å². The van der Waals surface area contributed by atoms with E-state index in [1.54, 1.807) is 0 Å². The molecule has 1 aromatic heterocycles. The molecule has 0 saturated carbocycles. The van der Waals surface area contributed by atoms with Gasteiger partial charge < -0.3 is 43.5 Å². The van der Waals surface area contributed by atoms with Crippen molar-refractivity contribution < 1.29 is 38.0 Å². The molecule has 1 fully saturated rings. The van der Waals surface area contributed by atoms with Crippen LogP contribution in [-0.2, 0) is 17.6 Å². The van der Waals surface area contributed by atoms with Crippen LogP contribution in [0.15, 0.2) is 24.4 Å². The first-order valence-corrected chi connectivity index (χ1v) is 7.73. The van der Waals surface area contributed by atoms with Gasteiger partial charge in [0.25, 0.3) is 0 Å². The zero-order chi connectivity index (χ0) is 15.7. The van der Waals surface area contributed by atoms with E-state index >= 15 is 0 Å². The lowest BCUT2D eigenvalue weighted by atomic mass is 10.0. The molecule has 3 rings (SSSR count). The van der Waals surface area contributed by atoms with Gasteiger partial charge in [0.2, 0.25) is 0 Å². The summed E-state index contributed by atoms with van der Waals surface area (Å²) >= 11 is 0. The third kappa shape index (κ3) is 4.60. The highest BCUT2D eigenvalue weighted by Crippen LogP contribution is 2.22. The maximum Gasteiger partial charge on any atom is 0.407 e. The maximum atomic E-state index is 11.1. The molecule has 1 atom stereocenters. The fraction of sp³-hybridized carbons (Fsp3) is 0.471. The highest BCUT2D eigenvalue weighted by molar-refractivity contribution is 5.84. The largest absolute Gasteiger partial charge is 1.00 e. The molecule has 23 heavy (non-hydrogen) atoms. The summed E-state index contributed by atoms with van der Waals surface area (Å²) in [6.45, 7) is 1.56. The number of benzene rings is 1. The fourth-order valence-electron chi connectivity index (χ4n) is 2.84. The molecule has 0 bridgehead atoms. The van der Waals surface area contributed by atoms with Crippen LogP contribution in [0.5, 0.6) is 0 Å². The van der Waals surface area contributed by atoms with Crippen molar-refractivity contribution >= 4 is 17.0 Å². The van der Waals surface area contributed by atoms with Crippen LogP contribution in [0.25, 0.3) is 10.9 Å². The highest BCUT2D eigenvalue weighted by atomic mass is 127. The van der Waals surface area contributed by atoms with E-state index in [2.05, 4.69) is 55.8 Å². The summed E-state index contributed by atoms with van der Waals surface area (Å²) in [5, 5.41) is 4.12. The molecule has 2 heterocycles. The molecule has 0 spiro atoms. The SMILES string of the molecule is C[N+](C)(C)CCc1c[nH]c2ccc(C[C@H]3COC(=O)N3)cc12.[I-]. The highest BCUT2D eigenvalue weighted by Gasteiger charge is 2.22. The van der Waals surface area contributed by atoms with Crippen molar-refractivity contribution in [3.8, 4) is 0 Å². The number of amides is 1. The first kappa shape index (κ1) is 18.1. The molecule has 0 aliphatic carbocycles. The van der Waals surface area contributed by atoms with Gasteiger partial charge in [0.15, 0.2) is 0 Å². The zero-order valence-corrected chi connectivity index (χ0v) is 16.0. The van der Waals surface area contributed by atoms with Crippen molar-refractivity contribution in [3.63, 3.8) is 0 Å². The average Bonchev–Trinajstić information content (AvgIpc) is 3.02. The number of H-pyrrole nitrogens is 1. The molecule has 0 radical (unpaired) electrons. The molecular weight excluding hydrogens is 405 g/mol. The van der Waals surface area contributed by atoms with Crippen molar-refractivity contribution in [2.75, 3.05) is 34.3 Å². The number of ether oxygens (including phenoxy) is 1. The Morgan fingerprint density at radius 1 is 1.30 bits per heavy atom. The van der Waals surface area contributed by atoms with Crippen LogP contribution in [0.1, 0.15) is 11.1 Å². The Hall–Kier alpha value is -1.28. The molecule has 1 amide bonds. The number of cyclic esters (lactones) is 1. The molecular formula is C17H24IN3O2. The third-order valence-corrected chi connectivity index (χ3v) is 4.10. The zero-order valence-electron chi connectivity index (χ0n) is 13.9. The van der Waals surface area contributed by atoms with Crippen LogP contribution < -0.4 is 29.3 Å². The van der Waals surface area contributed by atoms with E-state index in [0.29, 0.717) is 6.61 Å². The van der Waals surface area contributed by atoms with Crippen LogP contribution in [0.2, 0.25) is 0 Å². The van der Waals surface area contributed by atoms with Gasteiger partial charge in [0, 0.05) is 23.5 Å². The van der Waals surface area contributed by atoms with Gasteiger partial charge in [0.05, 0.1) is 33.7 Å². The standard InChI is InChI=1S/C17H23N3O2.HI/c1-20(2,3)7-6-13-10-18-16-5-4-12(9-15(13)16)8-14-11-22-17(21)19-14;/h4-5,9-10,14,18H,6-8,11H2,1-3H3;1H/t14-;/m0./s1. The van der Waals surface area contributed by atoms with Gasteiger partial charge in [-0.25, -0.2) is 4.79 Å². The number of carbonyl (C=O) groups is 1. The summed E-state index contributed by atoms with van der Waals surface area (Å²) < 4.78 is 5.91. The normalized spacial score (nSPS) is 17.7. The first-order chi connectivity index (χ1) is 10.4. The second kappa shape index (κ2) is 7.09. The Morgan fingerprint density at radius 2 is 2.09 bits per heavy atom. The number of halogens is 1. The van der Waals surface area contributed by atoms with Gasteiger partial charge in [-0.3, -0.25) is 0 Å². The third-order valence-electron chi connectivity index (χ3n) is 4.10. The molecule has 2 N–H and O–H groups in total. The summed E-state index contributed by atoms with van der Waals surface area (Å²) in [5.74, 6) is 0. The quantitative estimate of drug-likeness (QED) is 0.477. The van der Waals surface area contributed by atoms with Crippen molar-refractivity contribution in [3.05, 3.63) is 35.5 Å². The van der Waals surface area contributed by atoms with Gasteiger partial charge in [0.1, 0.15) is 6.61 Å². The minimum atomic E-state index is -0.309. The lowest BCUT2D eigenvalue weighted by Crippen LogP contribution is -3.00. The van der Waals surface area contributed by atoms with E-state index in [0.717, 1.165) is 23.9 Å². The van der Waals surface area contributed by atoms with E-state index in [1.165, 1.54) is 22.0 Å².